The van der Waals surface area contributed by atoms with Gasteiger partial charge in [0.2, 0.25) is 0 Å². The summed E-state index contributed by atoms with van der Waals surface area (Å²) in [7, 11) is 1.59. The Labute approximate surface area is 182 Å². The highest BCUT2D eigenvalue weighted by atomic mass is 16.5. The van der Waals surface area contributed by atoms with Gasteiger partial charge in [-0.15, -0.1) is 0 Å². The summed E-state index contributed by atoms with van der Waals surface area (Å²) >= 11 is 0. The summed E-state index contributed by atoms with van der Waals surface area (Å²) in [4.78, 5) is 27.7. The lowest BCUT2D eigenvalue weighted by Crippen LogP contribution is -2.49. The molecule has 0 radical (unpaired) electrons. The minimum Gasteiger partial charge on any atom is -0.497 e. The zero-order chi connectivity index (χ0) is 21.8. The summed E-state index contributed by atoms with van der Waals surface area (Å²) in [6.45, 7) is 4.10. The number of ether oxygens (including phenoxy) is 2. The smallest absolute Gasteiger partial charge is 0.338 e. The maximum Gasteiger partial charge on any atom is 0.338 e. The molecule has 2 aliphatic rings. The molecule has 2 amide bonds. The van der Waals surface area contributed by atoms with Gasteiger partial charge in [-0.2, -0.15) is 0 Å². The molecule has 0 bridgehead atoms. The SMILES string of the molecule is CCOC(=O)C1=C(CN2CCc3ccccc3C2)NC(=O)N[C@H]1c1cccc(OC)c1. The van der Waals surface area contributed by atoms with Crippen LogP contribution in [0.5, 0.6) is 5.75 Å². The largest absolute Gasteiger partial charge is 0.497 e. The van der Waals surface area contributed by atoms with Crippen molar-refractivity contribution in [2.75, 3.05) is 26.8 Å². The van der Waals surface area contributed by atoms with Crippen molar-refractivity contribution in [3.05, 3.63) is 76.5 Å². The van der Waals surface area contributed by atoms with E-state index in [1.165, 1.54) is 11.1 Å². The number of hydrogen-bond donors (Lipinski definition) is 2. The average molecular weight is 421 g/mol. The summed E-state index contributed by atoms with van der Waals surface area (Å²) in [5.41, 5.74) is 4.39. The van der Waals surface area contributed by atoms with Crippen LogP contribution in [0, 0.1) is 0 Å². The summed E-state index contributed by atoms with van der Waals surface area (Å²) in [5.74, 6) is 0.220. The predicted octanol–water partition coefficient (Wildman–Crippen LogP) is 2.92. The van der Waals surface area contributed by atoms with Gasteiger partial charge < -0.3 is 20.1 Å². The monoisotopic (exact) mass is 421 g/mol. The summed E-state index contributed by atoms with van der Waals surface area (Å²) in [5, 5.41) is 5.73. The van der Waals surface area contributed by atoms with Crippen LogP contribution >= 0.6 is 0 Å². The Kier molecular flexibility index (Phi) is 6.23. The second-order valence-electron chi connectivity index (χ2n) is 7.65. The normalized spacial score (nSPS) is 18.6. The van der Waals surface area contributed by atoms with E-state index >= 15 is 0 Å². The Morgan fingerprint density at radius 3 is 2.74 bits per heavy atom. The molecule has 0 spiro atoms. The Hall–Kier alpha value is -3.32. The first-order valence-corrected chi connectivity index (χ1v) is 10.5. The molecule has 7 heteroatoms. The molecule has 2 aromatic rings. The molecular weight excluding hydrogens is 394 g/mol. The average Bonchev–Trinajstić information content (AvgIpc) is 2.78. The Morgan fingerprint density at radius 2 is 1.97 bits per heavy atom. The Bertz CT molecular complexity index is 1020. The maximum atomic E-state index is 13.0. The molecule has 0 saturated heterocycles. The highest BCUT2D eigenvalue weighted by Gasteiger charge is 2.34. The van der Waals surface area contributed by atoms with Gasteiger partial charge in [-0.1, -0.05) is 36.4 Å². The zero-order valence-corrected chi connectivity index (χ0v) is 17.8. The van der Waals surface area contributed by atoms with Crippen molar-refractivity contribution >= 4 is 12.0 Å². The van der Waals surface area contributed by atoms with Crippen molar-refractivity contribution in [1.82, 2.24) is 15.5 Å². The van der Waals surface area contributed by atoms with E-state index in [1.807, 2.05) is 30.3 Å². The van der Waals surface area contributed by atoms with Crippen molar-refractivity contribution in [2.45, 2.75) is 25.9 Å². The van der Waals surface area contributed by atoms with Crippen LogP contribution in [0.4, 0.5) is 4.79 Å². The highest BCUT2D eigenvalue weighted by Crippen LogP contribution is 2.30. The molecule has 2 aliphatic heterocycles. The van der Waals surface area contributed by atoms with Gasteiger partial charge in [-0.25, -0.2) is 9.59 Å². The van der Waals surface area contributed by atoms with Crippen LogP contribution in [-0.4, -0.2) is 43.7 Å². The first-order valence-electron chi connectivity index (χ1n) is 10.5. The van der Waals surface area contributed by atoms with Crippen LogP contribution < -0.4 is 15.4 Å². The van der Waals surface area contributed by atoms with E-state index < -0.39 is 12.0 Å². The molecule has 0 fully saturated rings. The van der Waals surface area contributed by atoms with Crippen LogP contribution in [0.3, 0.4) is 0 Å². The fourth-order valence-electron chi connectivity index (χ4n) is 4.18. The second kappa shape index (κ2) is 9.22. The van der Waals surface area contributed by atoms with Crippen molar-refractivity contribution in [1.29, 1.82) is 0 Å². The molecule has 2 aromatic carbocycles. The quantitative estimate of drug-likeness (QED) is 0.701. The number of nitrogens with zero attached hydrogens (tertiary/aromatic N) is 1. The molecule has 4 rings (SSSR count). The third-order valence-corrected chi connectivity index (χ3v) is 5.67. The number of nitrogens with one attached hydrogen (secondary N) is 2. The number of methoxy groups -OCH3 is 1. The first-order chi connectivity index (χ1) is 15.1. The molecule has 0 unspecified atom stereocenters. The lowest BCUT2D eigenvalue weighted by molar-refractivity contribution is -0.139. The van der Waals surface area contributed by atoms with Crippen molar-refractivity contribution in [3.8, 4) is 5.75 Å². The number of hydrogen-bond acceptors (Lipinski definition) is 5. The van der Waals surface area contributed by atoms with Crippen LogP contribution in [0.1, 0.15) is 29.7 Å². The molecule has 1 atom stereocenters. The van der Waals surface area contributed by atoms with E-state index in [4.69, 9.17) is 9.47 Å². The number of esters is 1. The third-order valence-electron chi connectivity index (χ3n) is 5.67. The molecule has 162 valence electrons. The lowest BCUT2D eigenvalue weighted by Gasteiger charge is -2.34. The molecule has 2 N–H and O–H groups in total. The molecule has 7 nitrogen and oxygen atoms in total. The molecular formula is C24H27N3O4. The molecule has 31 heavy (non-hydrogen) atoms. The maximum absolute atomic E-state index is 13.0. The van der Waals surface area contributed by atoms with Gasteiger partial charge >= 0.3 is 12.0 Å². The van der Waals surface area contributed by atoms with Crippen LogP contribution in [0.2, 0.25) is 0 Å². The van der Waals surface area contributed by atoms with Gasteiger partial charge in [-0.3, -0.25) is 4.90 Å². The van der Waals surface area contributed by atoms with Gasteiger partial charge in [0.05, 0.1) is 25.3 Å². The van der Waals surface area contributed by atoms with Gasteiger partial charge in [0.15, 0.2) is 0 Å². The first kappa shape index (κ1) is 20.9. The van der Waals surface area contributed by atoms with Crippen molar-refractivity contribution in [3.63, 3.8) is 0 Å². The Balaban J connectivity index is 1.68. The van der Waals surface area contributed by atoms with E-state index in [2.05, 4.69) is 33.7 Å². The van der Waals surface area contributed by atoms with Gasteiger partial charge in [0.1, 0.15) is 5.75 Å². The van der Waals surface area contributed by atoms with E-state index in [0.717, 1.165) is 25.1 Å². The number of carbonyl (C=O) groups excluding carboxylic acids is 2. The van der Waals surface area contributed by atoms with Crippen LogP contribution in [-0.2, 0) is 22.5 Å². The van der Waals surface area contributed by atoms with Gasteiger partial charge in [0, 0.05) is 25.3 Å². The standard InChI is InChI=1S/C24H27N3O4/c1-3-31-23(28)21-20(15-27-12-11-16-7-4-5-8-18(16)14-27)25-24(29)26-22(21)17-9-6-10-19(13-17)30-2/h4-10,13,22H,3,11-12,14-15H2,1-2H3,(H2,25,26,29)/t22-/m0/s1. The minimum absolute atomic E-state index is 0.255. The van der Waals surface area contributed by atoms with Crippen LogP contribution in [0.15, 0.2) is 59.8 Å². The summed E-state index contributed by atoms with van der Waals surface area (Å²) < 4.78 is 10.7. The van der Waals surface area contributed by atoms with E-state index in [9.17, 15) is 9.59 Å². The highest BCUT2D eigenvalue weighted by molar-refractivity contribution is 5.95. The van der Waals surface area contributed by atoms with Crippen LogP contribution in [0.25, 0.3) is 0 Å². The van der Waals surface area contributed by atoms with Gasteiger partial charge in [0.25, 0.3) is 0 Å². The second-order valence-corrected chi connectivity index (χ2v) is 7.65. The van der Waals surface area contributed by atoms with E-state index in [0.29, 0.717) is 23.6 Å². The summed E-state index contributed by atoms with van der Waals surface area (Å²) in [6.07, 6.45) is 0.934. The Morgan fingerprint density at radius 1 is 1.16 bits per heavy atom. The molecule has 0 saturated carbocycles. The fourth-order valence-corrected chi connectivity index (χ4v) is 4.18. The number of benzene rings is 2. The number of fused-ring (bicyclic) bond motifs is 1. The number of carbonyl (C=O) groups is 2. The number of urea groups is 1. The third kappa shape index (κ3) is 4.56. The minimum atomic E-state index is -0.616. The van der Waals surface area contributed by atoms with Crippen molar-refractivity contribution < 1.29 is 19.1 Å². The van der Waals surface area contributed by atoms with Gasteiger partial charge in [-0.05, 0) is 42.2 Å². The number of rotatable bonds is 6. The summed E-state index contributed by atoms with van der Waals surface area (Å²) in [6, 6.07) is 14.8. The molecule has 2 heterocycles. The predicted molar refractivity (Wildman–Crippen MR) is 116 cm³/mol. The topological polar surface area (TPSA) is 79.9 Å². The van der Waals surface area contributed by atoms with Crippen molar-refractivity contribution in [2.24, 2.45) is 0 Å². The molecule has 0 aromatic heterocycles. The molecule has 0 aliphatic carbocycles. The number of amides is 2. The fraction of sp³-hybridized carbons (Fsp3) is 0.333. The zero-order valence-electron chi connectivity index (χ0n) is 17.8. The van der Waals surface area contributed by atoms with E-state index in [-0.39, 0.29) is 12.6 Å². The lowest BCUT2D eigenvalue weighted by atomic mass is 9.94. The van der Waals surface area contributed by atoms with E-state index in [1.54, 1.807) is 14.0 Å².